The highest BCUT2D eigenvalue weighted by Gasteiger charge is 2.36. The SMILES string of the molecule is Cc1cccc(C)c1NC(=O)CN1C(=O)S/C(=C/c2cc(C)n(-c3ccc(O)cc3)c2C)C1=O. The maximum Gasteiger partial charge on any atom is 0.294 e. The number of aromatic nitrogens is 1. The first-order valence-corrected chi connectivity index (χ1v) is 11.6. The first kappa shape index (κ1) is 23.4. The van der Waals surface area contributed by atoms with Gasteiger partial charge in [-0.1, -0.05) is 18.2 Å². The lowest BCUT2D eigenvalue weighted by Gasteiger charge is -2.15. The summed E-state index contributed by atoms with van der Waals surface area (Å²) in [5, 5.41) is 11.9. The van der Waals surface area contributed by atoms with Crippen LogP contribution in [0.25, 0.3) is 11.8 Å². The van der Waals surface area contributed by atoms with Crippen LogP contribution in [0.3, 0.4) is 0 Å². The van der Waals surface area contributed by atoms with Crippen LogP contribution in [0.15, 0.2) is 53.4 Å². The number of rotatable bonds is 5. The minimum Gasteiger partial charge on any atom is -0.508 e. The average Bonchev–Trinajstić information content (AvgIpc) is 3.21. The number of aromatic hydroxyl groups is 1. The molecule has 4 rings (SSSR count). The highest BCUT2D eigenvalue weighted by Crippen LogP contribution is 2.34. The molecular formula is C26H25N3O4S. The Hall–Kier alpha value is -3.78. The van der Waals surface area contributed by atoms with Crippen LogP contribution in [-0.4, -0.2) is 38.2 Å². The van der Waals surface area contributed by atoms with Gasteiger partial charge in [0.15, 0.2) is 0 Å². The number of phenols is 1. The molecule has 1 aliphatic heterocycles. The maximum absolute atomic E-state index is 13.0. The van der Waals surface area contributed by atoms with E-state index in [2.05, 4.69) is 5.32 Å². The topological polar surface area (TPSA) is 91.6 Å². The molecule has 0 saturated carbocycles. The first-order chi connectivity index (χ1) is 16.2. The van der Waals surface area contributed by atoms with Crippen molar-refractivity contribution < 1.29 is 19.5 Å². The van der Waals surface area contributed by atoms with E-state index < -0.39 is 17.1 Å². The number of aryl methyl sites for hydroxylation is 3. The summed E-state index contributed by atoms with van der Waals surface area (Å²) in [6.45, 7) is 7.30. The monoisotopic (exact) mass is 475 g/mol. The third kappa shape index (κ3) is 4.49. The van der Waals surface area contributed by atoms with E-state index in [-0.39, 0.29) is 17.2 Å². The predicted molar refractivity (Wildman–Crippen MR) is 134 cm³/mol. The van der Waals surface area contributed by atoms with Gasteiger partial charge in [-0.15, -0.1) is 0 Å². The van der Waals surface area contributed by atoms with Crippen LogP contribution in [0.1, 0.15) is 28.1 Å². The van der Waals surface area contributed by atoms with Gasteiger partial charge in [-0.2, -0.15) is 0 Å². The first-order valence-electron chi connectivity index (χ1n) is 10.8. The molecule has 2 N–H and O–H groups in total. The summed E-state index contributed by atoms with van der Waals surface area (Å²) < 4.78 is 2.01. The van der Waals surface area contributed by atoms with E-state index in [1.165, 1.54) is 0 Å². The van der Waals surface area contributed by atoms with Crippen molar-refractivity contribution in [2.75, 3.05) is 11.9 Å². The van der Waals surface area contributed by atoms with Crippen molar-refractivity contribution in [2.45, 2.75) is 27.7 Å². The molecule has 7 nitrogen and oxygen atoms in total. The van der Waals surface area contributed by atoms with Crippen molar-refractivity contribution in [3.63, 3.8) is 0 Å². The number of carbonyl (C=O) groups is 3. The predicted octanol–water partition coefficient (Wildman–Crippen LogP) is 5.09. The Morgan fingerprint density at radius 3 is 2.32 bits per heavy atom. The molecule has 1 aliphatic rings. The number of nitrogens with one attached hydrogen (secondary N) is 1. The minimum atomic E-state index is -0.485. The van der Waals surface area contributed by atoms with E-state index in [1.807, 2.05) is 68.7 Å². The van der Waals surface area contributed by atoms with Gasteiger partial charge in [0.25, 0.3) is 11.1 Å². The molecule has 1 aromatic heterocycles. The number of benzene rings is 2. The quantitative estimate of drug-likeness (QED) is 0.502. The number of para-hydroxylation sites is 1. The zero-order valence-corrected chi connectivity index (χ0v) is 20.2. The molecule has 1 fully saturated rings. The summed E-state index contributed by atoms with van der Waals surface area (Å²) in [6.07, 6.45) is 1.69. The highest BCUT2D eigenvalue weighted by atomic mass is 32.2. The highest BCUT2D eigenvalue weighted by molar-refractivity contribution is 8.18. The second-order valence-electron chi connectivity index (χ2n) is 8.26. The minimum absolute atomic E-state index is 0.182. The number of imide groups is 1. The number of nitrogens with zero attached hydrogens (tertiary/aromatic N) is 2. The van der Waals surface area contributed by atoms with Gasteiger partial charge in [0.2, 0.25) is 5.91 Å². The number of thioether (sulfide) groups is 1. The summed E-state index contributed by atoms with van der Waals surface area (Å²) in [7, 11) is 0. The third-order valence-electron chi connectivity index (χ3n) is 5.79. The van der Waals surface area contributed by atoms with Crippen molar-refractivity contribution in [1.82, 2.24) is 9.47 Å². The summed E-state index contributed by atoms with van der Waals surface area (Å²) in [5.74, 6) is -0.728. The van der Waals surface area contributed by atoms with Crippen molar-refractivity contribution in [3.8, 4) is 11.4 Å². The van der Waals surface area contributed by atoms with Crippen LogP contribution in [0.4, 0.5) is 10.5 Å². The number of hydrogen-bond donors (Lipinski definition) is 2. The molecule has 0 spiro atoms. The zero-order chi connectivity index (χ0) is 24.6. The number of hydrogen-bond acceptors (Lipinski definition) is 5. The molecule has 0 atom stereocenters. The standard InChI is InChI=1S/C26H25N3O4S/c1-15-6-5-7-16(2)24(15)27-23(31)14-28-25(32)22(34-26(28)33)13-19-12-17(3)29(18(19)4)20-8-10-21(30)11-9-20/h5-13,30H,14H2,1-4H3,(H,27,31)/b22-13+. The second kappa shape index (κ2) is 9.23. The van der Waals surface area contributed by atoms with Crippen molar-refractivity contribution >= 4 is 40.6 Å². The zero-order valence-electron chi connectivity index (χ0n) is 19.4. The largest absolute Gasteiger partial charge is 0.508 e. The van der Waals surface area contributed by atoms with E-state index >= 15 is 0 Å². The summed E-state index contributed by atoms with van der Waals surface area (Å²) >= 11 is 0.829. The van der Waals surface area contributed by atoms with Crippen LogP contribution in [-0.2, 0) is 9.59 Å². The second-order valence-corrected chi connectivity index (χ2v) is 9.25. The Kier molecular flexibility index (Phi) is 6.34. The number of anilines is 1. The van der Waals surface area contributed by atoms with Crippen LogP contribution >= 0.6 is 11.8 Å². The van der Waals surface area contributed by atoms with Gasteiger partial charge in [0.1, 0.15) is 12.3 Å². The normalized spacial score (nSPS) is 14.8. The molecular weight excluding hydrogens is 450 g/mol. The van der Waals surface area contributed by atoms with Gasteiger partial charge in [-0.25, -0.2) is 0 Å². The van der Waals surface area contributed by atoms with Crippen molar-refractivity contribution in [3.05, 3.63) is 81.5 Å². The molecule has 0 unspecified atom stereocenters. The van der Waals surface area contributed by atoms with Crippen molar-refractivity contribution in [2.24, 2.45) is 0 Å². The Bertz CT molecular complexity index is 1320. The molecule has 0 radical (unpaired) electrons. The molecule has 1 saturated heterocycles. The third-order valence-corrected chi connectivity index (χ3v) is 6.69. The van der Waals surface area contributed by atoms with Crippen LogP contribution in [0.5, 0.6) is 5.75 Å². The molecule has 2 heterocycles. The van der Waals surface area contributed by atoms with E-state index in [0.717, 1.165) is 50.4 Å². The fourth-order valence-corrected chi connectivity index (χ4v) is 4.87. The van der Waals surface area contributed by atoms with Gasteiger partial charge < -0.3 is 15.0 Å². The Morgan fingerprint density at radius 2 is 1.68 bits per heavy atom. The number of carbonyl (C=O) groups excluding carboxylic acids is 3. The van der Waals surface area contributed by atoms with E-state index in [4.69, 9.17) is 0 Å². The average molecular weight is 476 g/mol. The van der Waals surface area contributed by atoms with Gasteiger partial charge in [0, 0.05) is 22.8 Å². The Labute approximate surface area is 202 Å². The van der Waals surface area contributed by atoms with E-state index in [0.29, 0.717) is 5.69 Å². The molecule has 3 aromatic rings. The summed E-state index contributed by atoms with van der Waals surface area (Å²) in [4.78, 5) is 39.3. The van der Waals surface area contributed by atoms with Crippen LogP contribution in [0, 0.1) is 27.7 Å². The van der Waals surface area contributed by atoms with Crippen molar-refractivity contribution in [1.29, 1.82) is 0 Å². The molecule has 0 aliphatic carbocycles. The van der Waals surface area contributed by atoms with Gasteiger partial charge >= 0.3 is 0 Å². The molecule has 174 valence electrons. The lowest BCUT2D eigenvalue weighted by Crippen LogP contribution is -2.36. The molecule has 8 heteroatoms. The Balaban J connectivity index is 1.54. The fraction of sp³-hybridized carbons (Fsp3) is 0.192. The number of phenolic OH excluding ortho intramolecular Hbond substituents is 1. The van der Waals surface area contributed by atoms with Gasteiger partial charge in [0.05, 0.1) is 4.91 Å². The smallest absolute Gasteiger partial charge is 0.294 e. The van der Waals surface area contributed by atoms with Crippen LogP contribution < -0.4 is 5.32 Å². The lowest BCUT2D eigenvalue weighted by atomic mass is 10.1. The molecule has 0 bridgehead atoms. The summed E-state index contributed by atoms with van der Waals surface area (Å²) in [6, 6.07) is 14.5. The lowest BCUT2D eigenvalue weighted by molar-refractivity contribution is -0.127. The Morgan fingerprint density at radius 1 is 1.03 bits per heavy atom. The molecule has 34 heavy (non-hydrogen) atoms. The van der Waals surface area contributed by atoms with Gasteiger partial charge in [-0.3, -0.25) is 19.3 Å². The number of amides is 3. The van der Waals surface area contributed by atoms with Gasteiger partial charge in [-0.05, 0) is 92.6 Å². The van der Waals surface area contributed by atoms with E-state index in [1.54, 1.807) is 18.2 Å². The maximum atomic E-state index is 13.0. The fourth-order valence-electron chi connectivity index (χ4n) is 4.04. The van der Waals surface area contributed by atoms with Crippen LogP contribution in [0.2, 0.25) is 0 Å². The molecule has 2 aromatic carbocycles. The molecule has 3 amide bonds. The van der Waals surface area contributed by atoms with E-state index in [9.17, 15) is 19.5 Å². The summed E-state index contributed by atoms with van der Waals surface area (Å²) in [5.41, 5.74) is 6.03.